The Morgan fingerprint density at radius 1 is 1.00 bits per heavy atom. The number of anilines is 1. The molecule has 0 fully saturated rings. The smallest absolute Gasteiger partial charge is 0.338 e. The van der Waals surface area contributed by atoms with E-state index in [1.54, 1.807) is 0 Å². The fourth-order valence-electron chi connectivity index (χ4n) is 1.68. The Morgan fingerprint density at radius 2 is 1.73 bits per heavy atom. The summed E-state index contributed by atoms with van der Waals surface area (Å²) in [5.74, 6) is -1.11. The number of hydrogen-bond acceptors (Lipinski definition) is 4. The van der Waals surface area contributed by atoms with Crippen LogP contribution in [0.2, 0.25) is 15.1 Å². The number of esters is 1. The second-order valence-electron chi connectivity index (χ2n) is 4.36. The summed E-state index contributed by atoms with van der Waals surface area (Å²) in [5.41, 5.74) is 6.29. The second-order valence-corrected chi connectivity index (χ2v) is 5.61. The van der Waals surface area contributed by atoms with Crippen molar-refractivity contribution in [1.29, 1.82) is 0 Å². The van der Waals surface area contributed by atoms with E-state index in [1.807, 2.05) is 0 Å². The van der Waals surface area contributed by atoms with Gasteiger partial charge < -0.3 is 10.5 Å². The maximum Gasteiger partial charge on any atom is 0.338 e. The lowest BCUT2D eigenvalue weighted by molar-refractivity contribution is 0.0475. The molecule has 7 heteroatoms. The van der Waals surface area contributed by atoms with Crippen LogP contribution in [-0.4, -0.2) is 18.4 Å². The Kier molecular flexibility index (Phi) is 5.29. The first-order valence-corrected chi connectivity index (χ1v) is 7.22. The van der Waals surface area contributed by atoms with E-state index in [2.05, 4.69) is 0 Å². The third kappa shape index (κ3) is 3.91. The number of rotatable bonds is 4. The van der Waals surface area contributed by atoms with Crippen molar-refractivity contribution in [1.82, 2.24) is 0 Å². The number of halogens is 3. The van der Waals surface area contributed by atoms with Crippen molar-refractivity contribution in [2.24, 2.45) is 0 Å². The molecule has 114 valence electrons. The molecular formula is C15H10Cl3NO3. The largest absolute Gasteiger partial charge is 0.454 e. The number of nitrogens with two attached hydrogens (primary N) is 1. The van der Waals surface area contributed by atoms with E-state index >= 15 is 0 Å². The van der Waals surface area contributed by atoms with Gasteiger partial charge >= 0.3 is 5.97 Å². The Labute approximate surface area is 141 Å². The molecule has 0 unspecified atom stereocenters. The Bertz CT molecular complexity index is 747. The number of carbonyl (C=O) groups is 2. The Balaban J connectivity index is 2.04. The van der Waals surface area contributed by atoms with E-state index < -0.39 is 18.4 Å². The first-order valence-electron chi connectivity index (χ1n) is 6.09. The molecule has 0 spiro atoms. The van der Waals surface area contributed by atoms with E-state index in [9.17, 15) is 9.59 Å². The molecule has 2 aromatic carbocycles. The number of ether oxygens (including phenoxy) is 1. The van der Waals surface area contributed by atoms with Gasteiger partial charge in [-0.2, -0.15) is 0 Å². The molecule has 2 N–H and O–H groups in total. The highest BCUT2D eigenvalue weighted by Gasteiger charge is 2.15. The molecule has 2 aromatic rings. The van der Waals surface area contributed by atoms with Gasteiger partial charge in [-0.05, 0) is 36.4 Å². The third-order valence-electron chi connectivity index (χ3n) is 2.80. The van der Waals surface area contributed by atoms with Gasteiger partial charge in [-0.1, -0.05) is 34.8 Å². The van der Waals surface area contributed by atoms with E-state index in [0.717, 1.165) is 0 Å². The predicted octanol–water partition coefficient (Wildman–Crippen LogP) is 4.27. The normalized spacial score (nSPS) is 10.3. The van der Waals surface area contributed by atoms with Gasteiger partial charge in [0, 0.05) is 10.6 Å². The van der Waals surface area contributed by atoms with Crippen LogP contribution in [0.15, 0.2) is 36.4 Å². The molecule has 4 nitrogen and oxygen atoms in total. The summed E-state index contributed by atoms with van der Waals surface area (Å²) in [5, 5.41) is 0.944. The van der Waals surface area contributed by atoms with Crippen molar-refractivity contribution in [3.8, 4) is 0 Å². The highest BCUT2D eigenvalue weighted by atomic mass is 35.5. The monoisotopic (exact) mass is 357 g/mol. The quantitative estimate of drug-likeness (QED) is 0.503. The number of carbonyl (C=O) groups excluding carboxylic acids is 2. The first-order chi connectivity index (χ1) is 10.4. The minimum atomic E-state index is -0.679. The minimum absolute atomic E-state index is 0.198. The van der Waals surface area contributed by atoms with Crippen LogP contribution >= 0.6 is 34.8 Å². The van der Waals surface area contributed by atoms with E-state index in [4.69, 9.17) is 45.3 Å². The third-order valence-corrected chi connectivity index (χ3v) is 3.69. The summed E-state index contributed by atoms with van der Waals surface area (Å²) in [4.78, 5) is 23.8. The van der Waals surface area contributed by atoms with Crippen molar-refractivity contribution in [3.63, 3.8) is 0 Å². The predicted molar refractivity (Wildman–Crippen MR) is 86.9 cm³/mol. The van der Waals surface area contributed by atoms with Crippen LogP contribution < -0.4 is 5.73 Å². The number of Topliss-reactive ketones (excluding diaryl/α,β-unsaturated/α-hetero) is 1. The second kappa shape index (κ2) is 7.01. The lowest BCUT2D eigenvalue weighted by Gasteiger charge is -2.07. The fourth-order valence-corrected chi connectivity index (χ4v) is 2.31. The van der Waals surface area contributed by atoms with Crippen molar-refractivity contribution >= 4 is 52.2 Å². The van der Waals surface area contributed by atoms with Crippen molar-refractivity contribution in [2.75, 3.05) is 12.3 Å². The molecule has 0 aromatic heterocycles. The first kappa shape index (κ1) is 16.6. The highest BCUT2D eigenvalue weighted by Crippen LogP contribution is 2.22. The van der Waals surface area contributed by atoms with Crippen LogP contribution in [0.25, 0.3) is 0 Å². The molecule has 0 saturated carbocycles. The van der Waals surface area contributed by atoms with Gasteiger partial charge in [0.2, 0.25) is 5.78 Å². The standard InChI is InChI=1S/C15H10Cl3NO3/c16-9-2-3-10(12(18)6-9)14(20)7-22-15(21)8-1-4-11(17)13(19)5-8/h1-6H,7,19H2. The molecule has 0 heterocycles. The average Bonchev–Trinajstić information content (AvgIpc) is 2.47. The average molecular weight is 359 g/mol. The van der Waals surface area contributed by atoms with E-state index in [1.165, 1.54) is 36.4 Å². The van der Waals surface area contributed by atoms with Gasteiger partial charge in [0.1, 0.15) is 0 Å². The maximum absolute atomic E-state index is 12.0. The zero-order valence-corrected chi connectivity index (χ0v) is 13.4. The van der Waals surface area contributed by atoms with E-state index in [0.29, 0.717) is 10.0 Å². The number of benzene rings is 2. The Hall–Kier alpha value is -1.75. The summed E-state index contributed by atoms with van der Waals surface area (Å²) in [6.45, 7) is -0.442. The van der Waals surface area contributed by atoms with Crippen LogP contribution in [0.4, 0.5) is 5.69 Å². The van der Waals surface area contributed by atoms with Gasteiger partial charge in [0.25, 0.3) is 0 Å². The van der Waals surface area contributed by atoms with Gasteiger partial charge in [-0.15, -0.1) is 0 Å². The van der Waals surface area contributed by atoms with Crippen molar-refractivity contribution < 1.29 is 14.3 Å². The summed E-state index contributed by atoms with van der Waals surface area (Å²) in [6.07, 6.45) is 0. The zero-order chi connectivity index (χ0) is 16.3. The van der Waals surface area contributed by atoms with Gasteiger partial charge in [-0.25, -0.2) is 4.79 Å². The summed E-state index contributed by atoms with van der Waals surface area (Å²) < 4.78 is 4.95. The lowest BCUT2D eigenvalue weighted by atomic mass is 10.1. The molecule has 0 radical (unpaired) electrons. The lowest BCUT2D eigenvalue weighted by Crippen LogP contribution is -2.14. The van der Waals surface area contributed by atoms with Gasteiger partial charge in [0.15, 0.2) is 6.61 Å². The van der Waals surface area contributed by atoms with Gasteiger partial charge in [-0.3, -0.25) is 4.79 Å². The zero-order valence-electron chi connectivity index (χ0n) is 11.1. The molecule has 0 atom stereocenters. The molecular weight excluding hydrogens is 349 g/mol. The fraction of sp³-hybridized carbons (Fsp3) is 0.0667. The molecule has 0 aliphatic carbocycles. The number of hydrogen-bond donors (Lipinski definition) is 1. The number of ketones is 1. The summed E-state index contributed by atoms with van der Waals surface area (Å²) in [7, 11) is 0. The number of nitrogen functional groups attached to an aromatic ring is 1. The van der Waals surface area contributed by atoms with Crippen LogP contribution in [0, 0.1) is 0 Å². The molecule has 0 bridgehead atoms. The van der Waals surface area contributed by atoms with Crippen LogP contribution in [0.1, 0.15) is 20.7 Å². The molecule has 0 aliphatic rings. The molecule has 0 aliphatic heterocycles. The topological polar surface area (TPSA) is 69.4 Å². The van der Waals surface area contributed by atoms with Crippen LogP contribution in [0.5, 0.6) is 0 Å². The summed E-state index contributed by atoms with van der Waals surface area (Å²) >= 11 is 17.4. The SMILES string of the molecule is Nc1cc(C(=O)OCC(=O)c2ccc(Cl)cc2Cl)ccc1Cl. The molecule has 0 saturated heterocycles. The van der Waals surface area contributed by atoms with Gasteiger partial charge in [0.05, 0.1) is 21.3 Å². The summed E-state index contributed by atoms with van der Waals surface area (Å²) in [6, 6.07) is 8.76. The Morgan fingerprint density at radius 3 is 2.36 bits per heavy atom. The van der Waals surface area contributed by atoms with Crippen LogP contribution in [-0.2, 0) is 4.74 Å². The van der Waals surface area contributed by atoms with Crippen molar-refractivity contribution in [3.05, 3.63) is 62.6 Å². The molecule has 0 amide bonds. The maximum atomic E-state index is 12.0. The van der Waals surface area contributed by atoms with Crippen molar-refractivity contribution in [2.45, 2.75) is 0 Å². The minimum Gasteiger partial charge on any atom is -0.454 e. The molecule has 2 rings (SSSR count). The van der Waals surface area contributed by atoms with Crippen LogP contribution in [0.3, 0.4) is 0 Å². The molecule has 22 heavy (non-hydrogen) atoms. The highest BCUT2D eigenvalue weighted by molar-refractivity contribution is 6.37. The van der Waals surface area contributed by atoms with E-state index in [-0.39, 0.29) is 21.8 Å².